The number of carbonyl (C=O) groups is 2. The van der Waals surface area contributed by atoms with E-state index >= 15 is 0 Å². The van der Waals surface area contributed by atoms with Crippen LogP contribution < -0.4 is 0 Å². The van der Waals surface area contributed by atoms with Crippen LogP contribution in [0.3, 0.4) is 0 Å². The third-order valence-corrected chi connectivity index (χ3v) is 5.46. The lowest BCUT2D eigenvalue weighted by Crippen LogP contribution is -2.64. The van der Waals surface area contributed by atoms with Gasteiger partial charge >= 0.3 is 5.97 Å². The Morgan fingerprint density at radius 3 is 2.71 bits per heavy atom. The van der Waals surface area contributed by atoms with Gasteiger partial charge in [-0.2, -0.15) is 0 Å². The van der Waals surface area contributed by atoms with Crippen LogP contribution in [0.4, 0.5) is 0 Å². The van der Waals surface area contributed by atoms with Crippen LogP contribution in [0, 0.1) is 0 Å². The number of nitrogens with zero attached hydrogens (tertiary/aromatic N) is 2. The number of hydrogen-bond acceptors (Lipinski definition) is 4. The van der Waals surface area contributed by atoms with Crippen molar-refractivity contribution >= 4 is 29.4 Å². The quantitative estimate of drug-likeness (QED) is 0.812. The van der Waals surface area contributed by atoms with E-state index in [0.29, 0.717) is 11.3 Å². The molecule has 0 bridgehead atoms. The molecule has 0 aromatic heterocycles. The van der Waals surface area contributed by atoms with E-state index in [4.69, 9.17) is 0 Å². The predicted octanol–water partition coefficient (Wildman–Crippen LogP) is 2.20. The minimum absolute atomic E-state index is 0.0823. The SMILES string of the molecule is C=CC1=C(C(=O)O)N2C(=O)C(N=C3CCCCC3)[C@@H]2SC1. The van der Waals surface area contributed by atoms with Crippen molar-refractivity contribution < 1.29 is 14.7 Å². The van der Waals surface area contributed by atoms with Crippen molar-refractivity contribution in [1.82, 2.24) is 4.90 Å². The number of carboxylic acids is 1. The number of rotatable bonds is 3. The van der Waals surface area contributed by atoms with Gasteiger partial charge in [0.15, 0.2) is 6.04 Å². The fourth-order valence-corrected chi connectivity index (χ4v) is 4.37. The molecule has 1 unspecified atom stereocenters. The summed E-state index contributed by atoms with van der Waals surface area (Å²) < 4.78 is 0. The summed E-state index contributed by atoms with van der Waals surface area (Å²) in [6, 6.07) is -0.399. The van der Waals surface area contributed by atoms with Crippen LogP contribution in [0.25, 0.3) is 0 Å². The van der Waals surface area contributed by atoms with Crippen molar-refractivity contribution in [3.63, 3.8) is 0 Å². The summed E-state index contributed by atoms with van der Waals surface area (Å²) in [6.07, 6.45) is 6.99. The van der Waals surface area contributed by atoms with Crippen molar-refractivity contribution in [3.8, 4) is 0 Å². The van der Waals surface area contributed by atoms with Gasteiger partial charge in [-0.1, -0.05) is 19.1 Å². The maximum Gasteiger partial charge on any atom is 0.352 e. The lowest BCUT2D eigenvalue weighted by atomic mass is 9.97. The Bertz CT molecular complexity index is 559. The van der Waals surface area contributed by atoms with Gasteiger partial charge in [-0.25, -0.2) is 4.79 Å². The fraction of sp³-hybridized carbons (Fsp3) is 0.533. The summed E-state index contributed by atoms with van der Waals surface area (Å²) in [5.74, 6) is -0.685. The second-order valence-corrected chi connectivity index (χ2v) is 6.60. The Morgan fingerprint density at radius 1 is 1.38 bits per heavy atom. The second-order valence-electron chi connectivity index (χ2n) is 5.49. The van der Waals surface area contributed by atoms with E-state index in [9.17, 15) is 14.7 Å². The number of allylic oxidation sites excluding steroid dienone is 1. The normalized spacial score (nSPS) is 28.9. The summed E-state index contributed by atoms with van der Waals surface area (Å²) in [6.45, 7) is 3.64. The van der Waals surface area contributed by atoms with Crippen LogP contribution in [-0.2, 0) is 9.59 Å². The first kappa shape index (κ1) is 14.4. The monoisotopic (exact) mass is 306 g/mol. The Balaban J connectivity index is 1.83. The first-order valence-corrected chi connectivity index (χ1v) is 8.27. The molecule has 1 saturated heterocycles. The minimum Gasteiger partial charge on any atom is -0.477 e. The topological polar surface area (TPSA) is 70.0 Å². The number of aliphatic imine (C=N–C) groups is 1. The van der Waals surface area contributed by atoms with Crippen LogP contribution >= 0.6 is 11.8 Å². The molecule has 5 nitrogen and oxygen atoms in total. The molecule has 1 N–H and O–H groups in total. The second kappa shape index (κ2) is 5.67. The molecule has 1 saturated carbocycles. The molecule has 112 valence electrons. The highest BCUT2D eigenvalue weighted by Gasteiger charge is 2.53. The molecule has 1 amide bonds. The number of β-lactam (4-membered cyclic amide) rings is 1. The number of thioether (sulfide) groups is 1. The highest BCUT2D eigenvalue weighted by molar-refractivity contribution is 8.00. The average molecular weight is 306 g/mol. The van der Waals surface area contributed by atoms with E-state index in [2.05, 4.69) is 11.6 Å². The number of aliphatic carboxylic acids is 1. The van der Waals surface area contributed by atoms with Crippen LogP contribution in [-0.4, -0.2) is 44.8 Å². The molecule has 1 aliphatic carbocycles. The van der Waals surface area contributed by atoms with Gasteiger partial charge in [-0.3, -0.25) is 14.7 Å². The zero-order chi connectivity index (χ0) is 15.0. The summed E-state index contributed by atoms with van der Waals surface area (Å²) in [5, 5.41) is 9.18. The van der Waals surface area contributed by atoms with Gasteiger partial charge in [0.05, 0.1) is 0 Å². The first-order chi connectivity index (χ1) is 10.1. The summed E-state index contributed by atoms with van der Waals surface area (Å²) >= 11 is 1.57. The maximum atomic E-state index is 12.3. The molecule has 0 radical (unpaired) electrons. The number of amides is 1. The van der Waals surface area contributed by atoms with E-state index in [1.165, 1.54) is 17.4 Å². The predicted molar refractivity (Wildman–Crippen MR) is 82.3 cm³/mol. The van der Waals surface area contributed by atoms with Crippen LogP contribution in [0.2, 0.25) is 0 Å². The zero-order valence-electron chi connectivity index (χ0n) is 11.7. The molecule has 0 aromatic rings. The molecule has 2 atom stereocenters. The molecular formula is C15H18N2O3S. The molecule has 21 heavy (non-hydrogen) atoms. The van der Waals surface area contributed by atoms with E-state index in [0.717, 1.165) is 31.4 Å². The summed E-state index contributed by atoms with van der Waals surface area (Å²) in [7, 11) is 0. The molecule has 6 heteroatoms. The van der Waals surface area contributed by atoms with Crippen LogP contribution in [0.15, 0.2) is 28.9 Å². The molecule has 2 heterocycles. The standard InChI is InChI=1S/C15H18N2O3S/c1-2-9-8-21-14-11(16-10-6-4-3-5-7-10)13(18)17(14)12(9)15(19)20/h2,11,14H,1,3-8H2,(H,19,20)/t11?,14-/m0/s1. The Morgan fingerprint density at radius 2 is 2.10 bits per heavy atom. The van der Waals surface area contributed by atoms with E-state index in [1.807, 2.05) is 0 Å². The summed E-state index contributed by atoms with van der Waals surface area (Å²) in [4.78, 5) is 29.7. The van der Waals surface area contributed by atoms with Gasteiger partial charge < -0.3 is 5.11 Å². The van der Waals surface area contributed by atoms with Crippen molar-refractivity contribution in [2.45, 2.75) is 43.5 Å². The number of carboxylic acid groups (broad SMARTS) is 1. The fourth-order valence-electron chi connectivity index (χ4n) is 3.05. The van der Waals surface area contributed by atoms with E-state index in [1.54, 1.807) is 11.8 Å². The lowest BCUT2D eigenvalue weighted by molar-refractivity contribution is -0.147. The zero-order valence-corrected chi connectivity index (χ0v) is 12.6. The van der Waals surface area contributed by atoms with Crippen molar-refractivity contribution in [2.24, 2.45) is 4.99 Å². The van der Waals surface area contributed by atoms with E-state index in [-0.39, 0.29) is 17.0 Å². The van der Waals surface area contributed by atoms with E-state index < -0.39 is 12.0 Å². The molecule has 3 aliphatic rings. The van der Waals surface area contributed by atoms with Gasteiger partial charge in [0.25, 0.3) is 5.91 Å². The third-order valence-electron chi connectivity index (χ3n) is 4.17. The average Bonchev–Trinajstić information content (AvgIpc) is 2.51. The molecule has 0 aromatic carbocycles. The Kier molecular flexibility index (Phi) is 3.89. The lowest BCUT2D eigenvalue weighted by Gasteiger charge is -2.47. The largest absolute Gasteiger partial charge is 0.477 e. The molecule has 0 spiro atoms. The third kappa shape index (κ3) is 2.41. The first-order valence-electron chi connectivity index (χ1n) is 7.22. The highest BCUT2D eigenvalue weighted by atomic mass is 32.2. The van der Waals surface area contributed by atoms with Gasteiger partial charge in [-0.15, -0.1) is 11.8 Å². The molecule has 2 aliphatic heterocycles. The van der Waals surface area contributed by atoms with Crippen molar-refractivity contribution in [1.29, 1.82) is 0 Å². The maximum absolute atomic E-state index is 12.3. The van der Waals surface area contributed by atoms with Crippen molar-refractivity contribution in [3.05, 3.63) is 23.9 Å². The van der Waals surface area contributed by atoms with Gasteiger partial charge in [0.2, 0.25) is 0 Å². The Hall–Kier alpha value is -1.56. The molecular weight excluding hydrogens is 288 g/mol. The van der Waals surface area contributed by atoms with Gasteiger partial charge in [0, 0.05) is 11.5 Å². The summed E-state index contributed by atoms with van der Waals surface area (Å²) in [5.41, 5.74) is 1.81. The smallest absolute Gasteiger partial charge is 0.352 e. The number of hydrogen-bond donors (Lipinski definition) is 1. The van der Waals surface area contributed by atoms with Crippen LogP contribution in [0.1, 0.15) is 32.1 Å². The van der Waals surface area contributed by atoms with Crippen molar-refractivity contribution in [2.75, 3.05) is 5.75 Å². The van der Waals surface area contributed by atoms with Crippen LogP contribution in [0.5, 0.6) is 0 Å². The molecule has 2 fully saturated rings. The van der Waals surface area contributed by atoms with Gasteiger partial charge in [0.1, 0.15) is 11.1 Å². The molecule has 3 rings (SSSR count). The van der Waals surface area contributed by atoms with Gasteiger partial charge in [-0.05, 0) is 31.3 Å². The number of fused-ring (bicyclic) bond motifs is 1. The highest BCUT2D eigenvalue weighted by Crippen LogP contribution is 2.42. The number of carbonyl (C=O) groups excluding carboxylic acids is 1. The minimum atomic E-state index is -1.06. The Labute approximate surface area is 127 Å².